The van der Waals surface area contributed by atoms with Crippen molar-refractivity contribution in [1.29, 1.82) is 0 Å². The summed E-state index contributed by atoms with van der Waals surface area (Å²) in [5.74, 6) is -2.66. The number of methoxy groups -OCH3 is 1. The monoisotopic (exact) mass is 431 g/mol. The van der Waals surface area contributed by atoms with E-state index in [0.29, 0.717) is 5.56 Å². The van der Waals surface area contributed by atoms with E-state index in [9.17, 15) is 27.6 Å². The molecule has 9 heteroatoms. The van der Waals surface area contributed by atoms with E-state index in [2.05, 4.69) is 0 Å². The number of carbonyl (C=O) groups excluding carboxylic acids is 2. The molecule has 0 spiro atoms. The molecule has 0 aliphatic carbocycles. The van der Waals surface area contributed by atoms with E-state index in [1.165, 1.54) is 49.4 Å². The maximum absolute atomic E-state index is 13.1. The first-order valence-corrected chi connectivity index (χ1v) is 8.91. The third-order valence-corrected chi connectivity index (χ3v) is 4.69. The Morgan fingerprint density at radius 1 is 1.10 bits per heavy atom. The van der Waals surface area contributed by atoms with E-state index in [-0.39, 0.29) is 28.1 Å². The zero-order valence-electron chi connectivity index (χ0n) is 16.4. The van der Waals surface area contributed by atoms with Gasteiger partial charge < -0.3 is 9.84 Å². The normalized spacial score (nSPS) is 15.6. The van der Waals surface area contributed by atoms with E-state index in [0.717, 1.165) is 24.1 Å². The fourth-order valence-corrected chi connectivity index (χ4v) is 3.20. The highest BCUT2D eigenvalue weighted by atomic mass is 19.4. The number of hydrogen-bond acceptors (Lipinski definition) is 4. The lowest BCUT2D eigenvalue weighted by molar-refractivity contribution is -0.137. The topological polar surface area (TPSA) is 83.9 Å². The Morgan fingerprint density at radius 3 is 2.29 bits per heavy atom. The molecule has 1 aliphatic heterocycles. The highest BCUT2D eigenvalue weighted by Gasteiger charge is 2.39. The quantitative estimate of drug-likeness (QED) is 0.577. The number of carboxylic acids is 1. The second kappa shape index (κ2) is 8.10. The molecule has 0 saturated carbocycles. The van der Waals surface area contributed by atoms with Crippen molar-refractivity contribution in [2.75, 3.05) is 12.0 Å². The summed E-state index contributed by atoms with van der Waals surface area (Å²) in [6, 6.07) is 9.74. The number of carbonyl (C=O) groups is 3. The van der Waals surface area contributed by atoms with Crippen LogP contribution in [-0.2, 0) is 20.5 Å². The minimum atomic E-state index is -4.61. The Balaban J connectivity index is 2.11. The van der Waals surface area contributed by atoms with Gasteiger partial charge in [0.1, 0.15) is 0 Å². The predicted molar refractivity (Wildman–Crippen MR) is 105 cm³/mol. The molecule has 160 valence electrons. The molecule has 0 saturated heterocycles. The molecule has 0 unspecified atom stereocenters. The number of benzene rings is 2. The number of halogens is 3. The molecule has 0 atom stereocenters. The van der Waals surface area contributed by atoms with Gasteiger partial charge in [0.2, 0.25) is 0 Å². The number of aromatic carboxylic acids is 1. The summed E-state index contributed by atoms with van der Waals surface area (Å²) in [6.07, 6.45) is -3.25. The van der Waals surface area contributed by atoms with Crippen LogP contribution in [0.1, 0.15) is 28.4 Å². The number of hydrogen-bond donors (Lipinski definition) is 1. The first-order valence-electron chi connectivity index (χ1n) is 8.91. The summed E-state index contributed by atoms with van der Waals surface area (Å²) < 4.78 is 44.1. The predicted octanol–water partition coefficient (Wildman–Crippen LogP) is 4.28. The van der Waals surface area contributed by atoms with Crippen molar-refractivity contribution >= 4 is 29.6 Å². The van der Waals surface area contributed by atoms with Gasteiger partial charge in [-0.05, 0) is 48.9 Å². The Bertz CT molecular complexity index is 1130. The molecule has 6 nitrogen and oxygen atoms in total. The Labute approximate surface area is 174 Å². The molecule has 0 aromatic heterocycles. The number of carboxylic acid groups (broad SMARTS) is 1. The fraction of sp³-hybridized carbons (Fsp3) is 0.136. The Morgan fingerprint density at radius 2 is 1.74 bits per heavy atom. The molecule has 1 amide bonds. The highest BCUT2D eigenvalue weighted by Crippen LogP contribution is 2.38. The van der Waals surface area contributed by atoms with Crippen LogP contribution in [0.15, 0.2) is 65.4 Å². The Hall–Kier alpha value is -3.88. The van der Waals surface area contributed by atoms with E-state index in [1.54, 1.807) is 0 Å². The lowest BCUT2D eigenvalue weighted by Crippen LogP contribution is -2.24. The van der Waals surface area contributed by atoms with Gasteiger partial charge in [0.05, 0.1) is 29.4 Å². The van der Waals surface area contributed by atoms with Gasteiger partial charge in [0.15, 0.2) is 0 Å². The summed E-state index contributed by atoms with van der Waals surface area (Å²) in [6.45, 7) is 1.43. The zero-order valence-corrected chi connectivity index (χ0v) is 16.4. The van der Waals surface area contributed by atoms with Gasteiger partial charge in [-0.15, -0.1) is 0 Å². The molecule has 0 bridgehead atoms. The van der Waals surface area contributed by atoms with Gasteiger partial charge in [0, 0.05) is 11.4 Å². The molecule has 3 rings (SSSR count). The molecule has 0 radical (unpaired) electrons. The summed E-state index contributed by atoms with van der Waals surface area (Å²) in [7, 11) is 1.12. The number of esters is 1. The number of alkyl halides is 3. The van der Waals surface area contributed by atoms with Crippen LogP contribution in [0.3, 0.4) is 0 Å². The van der Waals surface area contributed by atoms with Gasteiger partial charge in [-0.3, -0.25) is 9.69 Å². The van der Waals surface area contributed by atoms with Gasteiger partial charge >= 0.3 is 18.1 Å². The van der Waals surface area contributed by atoms with E-state index in [1.807, 2.05) is 0 Å². The van der Waals surface area contributed by atoms with Crippen molar-refractivity contribution in [3.8, 4) is 0 Å². The number of rotatable bonds is 4. The lowest BCUT2D eigenvalue weighted by atomic mass is 10.0. The minimum absolute atomic E-state index is 0.0328. The van der Waals surface area contributed by atoms with Crippen LogP contribution in [0.2, 0.25) is 0 Å². The van der Waals surface area contributed by atoms with Crippen LogP contribution in [0.25, 0.3) is 6.08 Å². The molecule has 1 heterocycles. The lowest BCUT2D eigenvalue weighted by Gasteiger charge is -2.19. The smallest absolute Gasteiger partial charge is 0.416 e. The van der Waals surface area contributed by atoms with Crippen LogP contribution in [0.5, 0.6) is 0 Å². The maximum Gasteiger partial charge on any atom is 0.416 e. The standard InChI is InChI=1S/C22H16F3NO5/c1-12-18(21(30)31-2)17(10-13-6-8-14(9-7-13)20(28)29)19(27)26(12)16-5-3-4-15(11-16)22(23,24)25/h3-11H,1-2H3,(H,28,29). The second-order valence-corrected chi connectivity index (χ2v) is 6.63. The largest absolute Gasteiger partial charge is 0.478 e. The molecular weight excluding hydrogens is 415 g/mol. The van der Waals surface area contributed by atoms with Crippen LogP contribution >= 0.6 is 0 Å². The van der Waals surface area contributed by atoms with E-state index >= 15 is 0 Å². The van der Waals surface area contributed by atoms with Gasteiger partial charge in [-0.2, -0.15) is 13.2 Å². The fourth-order valence-electron chi connectivity index (χ4n) is 3.20. The van der Waals surface area contributed by atoms with Crippen molar-refractivity contribution in [3.05, 3.63) is 82.1 Å². The second-order valence-electron chi connectivity index (χ2n) is 6.63. The summed E-state index contributed by atoms with van der Waals surface area (Å²) >= 11 is 0. The van der Waals surface area contributed by atoms with Crippen molar-refractivity contribution in [1.82, 2.24) is 0 Å². The first kappa shape index (κ1) is 21.8. The molecule has 1 aliphatic rings. The zero-order chi connectivity index (χ0) is 22.9. The summed E-state index contributed by atoms with van der Waals surface area (Å²) in [5, 5.41) is 9.00. The molecule has 2 aromatic rings. The molecular formula is C22H16F3NO5. The van der Waals surface area contributed by atoms with Crippen molar-refractivity contribution < 1.29 is 37.4 Å². The number of nitrogens with zero attached hydrogens (tertiary/aromatic N) is 1. The number of anilines is 1. The van der Waals surface area contributed by atoms with E-state index in [4.69, 9.17) is 9.84 Å². The molecule has 0 fully saturated rings. The van der Waals surface area contributed by atoms with Gasteiger partial charge in [-0.1, -0.05) is 18.2 Å². The highest BCUT2D eigenvalue weighted by molar-refractivity contribution is 6.23. The number of allylic oxidation sites excluding steroid dienone is 1. The maximum atomic E-state index is 13.1. The summed E-state index contributed by atoms with van der Waals surface area (Å²) in [4.78, 5) is 37.5. The average molecular weight is 431 g/mol. The SMILES string of the molecule is COC(=O)C1=C(C)N(c2cccc(C(F)(F)F)c2)C(=O)C1=Cc1ccc(C(=O)O)cc1. The van der Waals surface area contributed by atoms with Gasteiger partial charge in [0.25, 0.3) is 5.91 Å². The third kappa shape index (κ3) is 4.20. The molecule has 2 aromatic carbocycles. The first-order chi connectivity index (χ1) is 14.5. The van der Waals surface area contributed by atoms with Crippen LogP contribution in [-0.4, -0.2) is 30.1 Å². The van der Waals surface area contributed by atoms with Crippen molar-refractivity contribution in [2.45, 2.75) is 13.1 Å². The Kier molecular flexibility index (Phi) is 5.70. The average Bonchev–Trinajstić information content (AvgIpc) is 2.97. The summed E-state index contributed by atoms with van der Waals surface area (Å²) in [5.41, 5.74) is -0.587. The number of amides is 1. The van der Waals surface area contributed by atoms with Crippen LogP contribution in [0, 0.1) is 0 Å². The molecule has 31 heavy (non-hydrogen) atoms. The third-order valence-electron chi connectivity index (χ3n) is 4.69. The number of ether oxygens (including phenoxy) is 1. The van der Waals surface area contributed by atoms with Crippen LogP contribution < -0.4 is 4.90 Å². The van der Waals surface area contributed by atoms with Crippen molar-refractivity contribution in [2.24, 2.45) is 0 Å². The molecule has 1 N–H and O–H groups in total. The minimum Gasteiger partial charge on any atom is -0.478 e. The van der Waals surface area contributed by atoms with E-state index < -0.39 is 29.6 Å². The van der Waals surface area contributed by atoms with Gasteiger partial charge in [-0.25, -0.2) is 9.59 Å². The van der Waals surface area contributed by atoms with Crippen LogP contribution in [0.4, 0.5) is 18.9 Å². The van der Waals surface area contributed by atoms with Crippen molar-refractivity contribution in [3.63, 3.8) is 0 Å².